The zero-order chi connectivity index (χ0) is 15.4. The number of rotatable bonds is 3. The van der Waals surface area contributed by atoms with E-state index in [0.29, 0.717) is 5.56 Å². The minimum absolute atomic E-state index is 0.0592. The Balaban J connectivity index is 1.95. The van der Waals surface area contributed by atoms with Crippen LogP contribution < -0.4 is 5.32 Å². The van der Waals surface area contributed by atoms with E-state index in [9.17, 15) is 19.8 Å². The largest absolute Gasteiger partial charge is 0.388 e. The summed E-state index contributed by atoms with van der Waals surface area (Å²) < 4.78 is 0. The molecule has 1 aromatic carbocycles. The second kappa shape index (κ2) is 6.66. The van der Waals surface area contributed by atoms with Crippen molar-refractivity contribution in [2.45, 2.75) is 18.6 Å². The van der Waals surface area contributed by atoms with E-state index in [1.54, 1.807) is 31.3 Å². The molecule has 2 rings (SSSR count). The van der Waals surface area contributed by atoms with Gasteiger partial charge in [-0.3, -0.25) is 14.4 Å². The number of aliphatic hydroxyl groups is 2. The van der Waals surface area contributed by atoms with Gasteiger partial charge in [-0.2, -0.15) is 0 Å². The van der Waals surface area contributed by atoms with Crippen molar-refractivity contribution in [3.05, 3.63) is 35.4 Å². The molecular formula is C14H18N2O5. The number of hydrogen-bond acceptors (Lipinski definition) is 5. The second-order valence-electron chi connectivity index (χ2n) is 4.84. The van der Waals surface area contributed by atoms with Crippen LogP contribution in [0.15, 0.2) is 24.3 Å². The average molecular weight is 294 g/mol. The van der Waals surface area contributed by atoms with Gasteiger partial charge < -0.3 is 15.5 Å². The third-order valence-electron chi connectivity index (χ3n) is 3.27. The van der Waals surface area contributed by atoms with E-state index in [1.807, 2.05) is 0 Å². The van der Waals surface area contributed by atoms with Crippen LogP contribution in [-0.2, 0) is 16.1 Å². The standard InChI is InChI=1S/C14H18N2O5/c1-15-14(20)10-4-2-9(3-5-10)6-13(19)16-7-11(17)12(18)8-21-16/h2-5,11-12,17-18H,6-8H2,1H3,(H,15,20)/t11-,12+/m1/s1. The highest BCUT2D eigenvalue weighted by Crippen LogP contribution is 2.12. The van der Waals surface area contributed by atoms with Gasteiger partial charge >= 0.3 is 0 Å². The normalized spacial score (nSPS) is 22.0. The number of aliphatic hydroxyl groups excluding tert-OH is 2. The Morgan fingerprint density at radius 3 is 2.52 bits per heavy atom. The van der Waals surface area contributed by atoms with Crippen LogP contribution in [-0.4, -0.2) is 59.5 Å². The summed E-state index contributed by atoms with van der Waals surface area (Å²) in [5.41, 5.74) is 1.25. The minimum atomic E-state index is -1.00. The Labute approximate surface area is 122 Å². The van der Waals surface area contributed by atoms with Gasteiger partial charge in [0.2, 0.25) is 0 Å². The number of hydroxylamine groups is 2. The monoisotopic (exact) mass is 294 g/mol. The molecule has 1 aromatic rings. The van der Waals surface area contributed by atoms with Crippen LogP contribution in [0.3, 0.4) is 0 Å². The first-order valence-electron chi connectivity index (χ1n) is 6.61. The molecule has 1 saturated heterocycles. The van der Waals surface area contributed by atoms with E-state index in [4.69, 9.17) is 4.84 Å². The van der Waals surface area contributed by atoms with Gasteiger partial charge in [-0.25, -0.2) is 5.06 Å². The lowest BCUT2D eigenvalue weighted by atomic mass is 10.1. The van der Waals surface area contributed by atoms with Crippen molar-refractivity contribution in [2.24, 2.45) is 0 Å². The Morgan fingerprint density at radius 1 is 1.29 bits per heavy atom. The van der Waals surface area contributed by atoms with Gasteiger partial charge in [-0.05, 0) is 17.7 Å². The second-order valence-corrected chi connectivity index (χ2v) is 4.84. The first kappa shape index (κ1) is 15.4. The summed E-state index contributed by atoms with van der Waals surface area (Å²) in [5, 5.41) is 22.4. The van der Waals surface area contributed by atoms with Crippen molar-refractivity contribution < 1.29 is 24.6 Å². The summed E-state index contributed by atoms with van der Waals surface area (Å²) in [7, 11) is 1.55. The molecule has 1 aliphatic heterocycles. The van der Waals surface area contributed by atoms with Gasteiger partial charge in [0.05, 0.1) is 13.0 Å². The van der Waals surface area contributed by atoms with Gasteiger partial charge in [0.1, 0.15) is 18.8 Å². The smallest absolute Gasteiger partial charge is 0.251 e. The molecule has 0 aromatic heterocycles. The van der Waals surface area contributed by atoms with Crippen LogP contribution in [0.5, 0.6) is 0 Å². The molecule has 7 nitrogen and oxygen atoms in total. The highest BCUT2D eigenvalue weighted by molar-refractivity contribution is 5.94. The van der Waals surface area contributed by atoms with Gasteiger partial charge in [-0.1, -0.05) is 12.1 Å². The highest BCUT2D eigenvalue weighted by atomic mass is 16.7. The molecule has 0 unspecified atom stereocenters. The maximum atomic E-state index is 12.0. The maximum absolute atomic E-state index is 12.0. The number of hydrogen-bond donors (Lipinski definition) is 3. The van der Waals surface area contributed by atoms with Crippen LogP contribution in [0, 0.1) is 0 Å². The lowest BCUT2D eigenvalue weighted by molar-refractivity contribution is -0.236. The Morgan fingerprint density at radius 2 is 1.95 bits per heavy atom. The number of nitrogens with zero attached hydrogens (tertiary/aromatic N) is 1. The molecular weight excluding hydrogens is 276 g/mol. The molecule has 0 bridgehead atoms. The fourth-order valence-electron chi connectivity index (χ4n) is 1.98. The van der Waals surface area contributed by atoms with E-state index >= 15 is 0 Å². The third kappa shape index (κ3) is 3.78. The van der Waals surface area contributed by atoms with E-state index < -0.39 is 12.2 Å². The molecule has 1 aliphatic rings. The fraction of sp³-hybridized carbons (Fsp3) is 0.429. The van der Waals surface area contributed by atoms with E-state index in [1.165, 1.54) is 0 Å². The Bertz CT molecular complexity index is 517. The Hall–Kier alpha value is -1.96. The highest BCUT2D eigenvalue weighted by Gasteiger charge is 2.29. The number of amides is 2. The predicted octanol–water partition coefficient (Wildman–Crippen LogP) is -0.916. The quantitative estimate of drug-likeness (QED) is 0.670. The van der Waals surface area contributed by atoms with Crippen LogP contribution >= 0.6 is 0 Å². The third-order valence-corrected chi connectivity index (χ3v) is 3.27. The molecule has 1 heterocycles. The maximum Gasteiger partial charge on any atom is 0.251 e. The summed E-state index contributed by atoms with van der Waals surface area (Å²) in [6.45, 7) is -0.168. The van der Waals surface area contributed by atoms with E-state index in [2.05, 4.69) is 5.32 Å². The number of β-amino-alcohol motifs (C(OH)–C–C–N with tert-alkyl or cyclic N) is 1. The number of benzene rings is 1. The fourth-order valence-corrected chi connectivity index (χ4v) is 1.98. The summed E-state index contributed by atoms with van der Waals surface area (Å²) in [6, 6.07) is 6.66. The predicted molar refractivity (Wildman–Crippen MR) is 73.2 cm³/mol. The van der Waals surface area contributed by atoms with Crippen molar-refractivity contribution in [1.29, 1.82) is 0 Å². The molecule has 2 amide bonds. The minimum Gasteiger partial charge on any atom is -0.388 e. The molecule has 0 spiro atoms. The Kier molecular flexibility index (Phi) is 4.89. The zero-order valence-corrected chi connectivity index (χ0v) is 11.7. The molecule has 1 fully saturated rings. The van der Waals surface area contributed by atoms with Gasteiger partial charge in [0.15, 0.2) is 0 Å². The number of nitrogens with one attached hydrogen (secondary N) is 1. The summed E-state index contributed by atoms with van der Waals surface area (Å²) in [6.07, 6.45) is -1.88. The molecule has 3 N–H and O–H groups in total. The number of carbonyl (C=O) groups excluding carboxylic acids is 2. The molecule has 114 valence electrons. The van der Waals surface area contributed by atoms with Crippen molar-refractivity contribution in [3.63, 3.8) is 0 Å². The van der Waals surface area contributed by atoms with Crippen molar-refractivity contribution in [2.75, 3.05) is 20.2 Å². The van der Waals surface area contributed by atoms with Crippen molar-refractivity contribution in [1.82, 2.24) is 10.4 Å². The SMILES string of the molecule is CNC(=O)c1ccc(CC(=O)N2C[C@@H](O)[C@@H](O)CO2)cc1. The topological polar surface area (TPSA) is 99.1 Å². The van der Waals surface area contributed by atoms with E-state index in [-0.39, 0.29) is 31.4 Å². The first-order chi connectivity index (χ1) is 10.0. The first-order valence-corrected chi connectivity index (χ1v) is 6.61. The van der Waals surface area contributed by atoms with Crippen LogP contribution in [0.2, 0.25) is 0 Å². The molecule has 0 aliphatic carbocycles. The summed E-state index contributed by atoms with van der Waals surface area (Å²) >= 11 is 0. The van der Waals surface area contributed by atoms with Crippen LogP contribution in [0.4, 0.5) is 0 Å². The van der Waals surface area contributed by atoms with Gasteiger partial charge in [-0.15, -0.1) is 0 Å². The molecule has 7 heteroatoms. The summed E-state index contributed by atoms with van der Waals surface area (Å²) in [5.74, 6) is -0.502. The van der Waals surface area contributed by atoms with Crippen molar-refractivity contribution in [3.8, 4) is 0 Å². The van der Waals surface area contributed by atoms with Gasteiger partial charge in [0, 0.05) is 12.6 Å². The average Bonchev–Trinajstić information content (AvgIpc) is 2.50. The van der Waals surface area contributed by atoms with Crippen LogP contribution in [0.1, 0.15) is 15.9 Å². The van der Waals surface area contributed by atoms with Crippen LogP contribution in [0.25, 0.3) is 0 Å². The lowest BCUT2D eigenvalue weighted by Gasteiger charge is -2.32. The molecule has 2 atom stereocenters. The zero-order valence-electron chi connectivity index (χ0n) is 11.7. The lowest BCUT2D eigenvalue weighted by Crippen LogP contribution is -2.50. The van der Waals surface area contributed by atoms with E-state index in [0.717, 1.165) is 10.6 Å². The molecule has 0 saturated carbocycles. The summed E-state index contributed by atoms with van der Waals surface area (Å²) in [4.78, 5) is 28.5. The number of carbonyl (C=O) groups is 2. The molecule has 21 heavy (non-hydrogen) atoms. The van der Waals surface area contributed by atoms with Crippen molar-refractivity contribution >= 4 is 11.8 Å². The van der Waals surface area contributed by atoms with Gasteiger partial charge in [0.25, 0.3) is 11.8 Å². The molecule has 0 radical (unpaired) electrons.